The number of hydrogen-bond acceptors (Lipinski definition) is 2. The maximum absolute atomic E-state index is 3.58. The molecule has 2 heteroatoms. The molecule has 1 aromatic carbocycles. The van der Waals surface area contributed by atoms with Crippen LogP contribution in [0.4, 0.5) is 0 Å². The Kier molecular flexibility index (Phi) is 6.67. The van der Waals surface area contributed by atoms with Gasteiger partial charge in [0.1, 0.15) is 0 Å². The fourth-order valence-electron chi connectivity index (χ4n) is 2.66. The molecule has 0 aliphatic heterocycles. The van der Waals surface area contributed by atoms with Crippen LogP contribution in [0.15, 0.2) is 35.2 Å². The summed E-state index contributed by atoms with van der Waals surface area (Å²) in [4.78, 5) is 1.38. The van der Waals surface area contributed by atoms with Crippen LogP contribution in [0.1, 0.15) is 38.5 Å². The summed E-state index contributed by atoms with van der Waals surface area (Å²) >= 11 is 1.94. The Balaban J connectivity index is 1.46. The number of nitrogens with one attached hydrogen (secondary N) is 1. The van der Waals surface area contributed by atoms with Crippen molar-refractivity contribution in [2.24, 2.45) is 5.92 Å². The smallest absolute Gasteiger partial charge is 0.0106 e. The number of thioether (sulfide) groups is 1. The van der Waals surface area contributed by atoms with E-state index in [0.29, 0.717) is 0 Å². The topological polar surface area (TPSA) is 12.0 Å². The third-order valence-electron chi connectivity index (χ3n) is 3.74. The first-order chi connectivity index (χ1) is 8.95. The van der Waals surface area contributed by atoms with Gasteiger partial charge in [-0.3, -0.25) is 0 Å². The monoisotopic (exact) mass is 263 g/mol. The number of rotatable bonds is 7. The molecule has 100 valence electrons. The van der Waals surface area contributed by atoms with E-state index >= 15 is 0 Å². The standard InChI is InChI=1S/C16H25NS/c1-3-7-15(8-4-1)11-12-17-13-14-18-16-9-5-2-6-10-16/h2,5-6,9-10,15,17H,1,3-4,7-8,11-14H2. The molecule has 0 bridgehead atoms. The Morgan fingerprint density at radius 3 is 2.56 bits per heavy atom. The highest BCUT2D eigenvalue weighted by molar-refractivity contribution is 7.99. The Hall–Kier alpha value is -0.470. The van der Waals surface area contributed by atoms with Crippen molar-refractivity contribution in [1.82, 2.24) is 5.32 Å². The fourth-order valence-corrected chi connectivity index (χ4v) is 3.50. The van der Waals surface area contributed by atoms with Crippen LogP contribution in [-0.4, -0.2) is 18.8 Å². The molecule has 0 amide bonds. The molecule has 0 atom stereocenters. The summed E-state index contributed by atoms with van der Waals surface area (Å²) in [6.45, 7) is 2.34. The number of hydrogen-bond donors (Lipinski definition) is 1. The molecule has 0 unspecified atom stereocenters. The zero-order chi connectivity index (χ0) is 12.5. The highest BCUT2D eigenvalue weighted by atomic mass is 32.2. The summed E-state index contributed by atoms with van der Waals surface area (Å²) in [7, 11) is 0. The van der Waals surface area contributed by atoms with Crippen molar-refractivity contribution < 1.29 is 0 Å². The third-order valence-corrected chi connectivity index (χ3v) is 4.76. The van der Waals surface area contributed by atoms with Gasteiger partial charge >= 0.3 is 0 Å². The molecular formula is C16H25NS. The van der Waals surface area contributed by atoms with E-state index < -0.39 is 0 Å². The molecule has 0 heterocycles. The molecular weight excluding hydrogens is 238 g/mol. The largest absolute Gasteiger partial charge is 0.316 e. The second kappa shape index (κ2) is 8.60. The molecule has 1 aromatic rings. The highest BCUT2D eigenvalue weighted by Gasteiger charge is 2.12. The van der Waals surface area contributed by atoms with Crippen molar-refractivity contribution in [3.63, 3.8) is 0 Å². The Bertz CT molecular complexity index is 306. The zero-order valence-corrected chi connectivity index (χ0v) is 12.1. The van der Waals surface area contributed by atoms with Gasteiger partial charge in [0.15, 0.2) is 0 Å². The van der Waals surface area contributed by atoms with Gasteiger partial charge in [0.25, 0.3) is 0 Å². The van der Waals surface area contributed by atoms with Crippen LogP contribution in [0.5, 0.6) is 0 Å². The molecule has 1 N–H and O–H groups in total. The van der Waals surface area contributed by atoms with E-state index in [-0.39, 0.29) is 0 Å². The number of benzene rings is 1. The van der Waals surface area contributed by atoms with Gasteiger partial charge in [0.05, 0.1) is 0 Å². The lowest BCUT2D eigenvalue weighted by Crippen LogP contribution is -2.21. The van der Waals surface area contributed by atoms with Crippen LogP contribution in [0.25, 0.3) is 0 Å². The molecule has 0 spiro atoms. The zero-order valence-electron chi connectivity index (χ0n) is 11.2. The van der Waals surface area contributed by atoms with Crippen molar-refractivity contribution in [3.8, 4) is 0 Å². The Labute approximate surface area is 116 Å². The van der Waals surface area contributed by atoms with Crippen LogP contribution in [0.2, 0.25) is 0 Å². The first-order valence-corrected chi connectivity index (χ1v) is 8.32. The minimum absolute atomic E-state index is 1.01. The van der Waals surface area contributed by atoms with E-state index in [0.717, 1.165) is 12.5 Å². The van der Waals surface area contributed by atoms with Crippen molar-refractivity contribution in [3.05, 3.63) is 30.3 Å². The van der Waals surface area contributed by atoms with Gasteiger partial charge in [0, 0.05) is 17.2 Å². The van der Waals surface area contributed by atoms with Gasteiger partial charge in [-0.15, -0.1) is 11.8 Å². The molecule has 1 aliphatic carbocycles. The average Bonchev–Trinajstić information content (AvgIpc) is 2.45. The summed E-state index contributed by atoms with van der Waals surface area (Å²) < 4.78 is 0. The lowest BCUT2D eigenvalue weighted by molar-refractivity contribution is 0.335. The molecule has 0 aromatic heterocycles. The van der Waals surface area contributed by atoms with Crippen LogP contribution >= 0.6 is 11.8 Å². The first kappa shape index (κ1) is 14.0. The van der Waals surface area contributed by atoms with E-state index in [1.165, 1.54) is 55.7 Å². The second-order valence-electron chi connectivity index (χ2n) is 5.20. The molecule has 1 aliphatic rings. The van der Waals surface area contributed by atoms with Crippen molar-refractivity contribution >= 4 is 11.8 Å². The maximum atomic E-state index is 3.58. The third kappa shape index (κ3) is 5.45. The summed E-state index contributed by atoms with van der Waals surface area (Å²) in [5, 5.41) is 3.58. The van der Waals surface area contributed by atoms with E-state index in [1.54, 1.807) is 0 Å². The van der Waals surface area contributed by atoms with Crippen LogP contribution in [0.3, 0.4) is 0 Å². The molecule has 0 saturated heterocycles. The van der Waals surface area contributed by atoms with Crippen molar-refractivity contribution in [2.45, 2.75) is 43.4 Å². The minimum Gasteiger partial charge on any atom is -0.316 e. The van der Waals surface area contributed by atoms with E-state index in [4.69, 9.17) is 0 Å². The van der Waals surface area contributed by atoms with E-state index in [9.17, 15) is 0 Å². The van der Waals surface area contributed by atoms with E-state index in [2.05, 4.69) is 35.6 Å². The van der Waals surface area contributed by atoms with Gasteiger partial charge in [0.2, 0.25) is 0 Å². The lowest BCUT2D eigenvalue weighted by Gasteiger charge is -2.21. The molecule has 0 radical (unpaired) electrons. The molecule has 1 nitrogen and oxygen atoms in total. The van der Waals surface area contributed by atoms with Gasteiger partial charge in [-0.25, -0.2) is 0 Å². The first-order valence-electron chi connectivity index (χ1n) is 7.34. The van der Waals surface area contributed by atoms with Crippen molar-refractivity contribution in [2.75, 3.05) is 18.8 Å². The Morgan fingerprint density at radius 1 is 1.00 bits per heavy atom. The predicted molar refractivity (Wildman–Crippen MR) is 81.2 cm³/mol. The quantitative estimate of drug-likeness (QED) is 0.580. The van der Waals surface area contributed by atoms with Crippen molar-refractivity contribution in [1.29, 1.82) is 0 Å². The van der Waals surface area contributed by atoms with Gasteiger partial charge in [-0.2, -0.15) is 0 Å². The SMILES string of the molecule is c1ccc(SCCNCCC2CCCCC2)cc1. The van der Waals surface area contributed by atoms with Gasteiger partial charge < -0.3 is 5.32 Å². The fraction of sp³-hybridized carbons (Fsp3) is 0.625. The van der Waals surface area contributed by atoms with E-state index in [1.807, 2.05) is 11.8 Å². The van der Waals surface area contributed by atoms with Gasteiger partial charge in [-0.1, -0.05) is 50.3 Å². The van der Waals surface area contributed by atoms with Gasteiger partial charge in [-0.05, 0) is 31.0 Å². The summed E-state index contributed by atoms with van der Waals surface area (Å²) in [6, 6.07) is 10.7. The molecule has 18 heavy (non-hydrogen) atoms. The average molecular weight is 263 g/mol. The lowest BCUT2D eigenvalue weighted by atomic mass is 9.87. The maximum Gasteiger partial charge on any atom is 0.0106 e. The molecule has 2 rings (SSSR count). The second-order valence-corrected chi connectivity index (χ2v) is 6.37. The molecule has 1 fully saturated rings. The summed E-state index contributed by atoms with van der Waals surface area (Å²) in [5.74, 6) is 2.18. The normalized spacial score (nSPS) is 16.9. The van der Waals surface area contributed by atoms with Crippen LogP contribution in [-0.2, 0) is 0 Å². The highest BCUT2D eigenvalue weighted by Crippen LogP contribution is 2.25. The Morgan fingerprint density at radius 2 is 1.78 bits per heavy atom. The summed E-state index contributed by atoms with van der Waals surface area (Å²) in [6.07, 6.45) is 8.73. The van der Waals surface area contributed by atoms with Crippen LogP contribution in [0, 0.1) is 5.92 Å². The molecule has 1 saturated carbocycles. The van der Waals surface area contributed by atoms with Crippen LogP contribution < -0.4 is 5.32 Å². The predicted octanol–water partition coefficient (Wildman–Crippen LogP) is 4.34. The summed E-state index contributed by atoms with van der Waals surface area (Å²) in [5.41, 5.74) is 0. The minimum atomic E-state index is 1.01.